The van der Waals surface area contributed by atoms with Gasteiger partial charge in [-0.2, -0.15) is 0 Å². The van der Waals surface area contributed by atoms with E-state index in [1.807, 2.05) is 13.0 Å². The molecular weight excluding hydrogens is 376 g/mol. The number of allylic oxidation sites excluding steroid dienone is 1. The van der Waals surface area contributed by atoms with Crippen molar-refractivity contribution in [1.82, 2.24) is 19.5 Å². The van der Waals surface area contributed by atoms with E-state index < -0.39 is 31.1 Å². The van der Waals surface area contributed by atoms with Gasteiger partial charge in [0.25, 0.3) is 0 Å². The fourth-order valence-electron chi connectivity index (χ4n) is 3.29. The van der Waals surface area contributed by atoms with Crippen LogP contribution in [-0.4, -0.2) is 66.3 Å². The fourth-order valence-corrected chi connectivity index (χ4v) is 3.29. The number of rotatable bonds is 9. The molecule has 29 heavy (non-hydrogen) atoms. The van der Waals surface area contributed by atoms with Crippen LogP contribution in [0.2, 0.25) is 0 Å². The van der Waals surface area contributed by atoms with Crippen molar-refractivity contribution in [3.8, 4) is 0 Å². The zero-order valence-electron chi connectivity index (χ0n) is 16.8. The molecule has 6 N–H and O–H groups in total. The molecule has 0 saturated carbocycles. The maximum atomic E-state index is 10.5. The molecule has 0 aromatic carbocycles. The Bertz CT molecular complexity index is 855. The fraction of sp³-hybridized carbons (Fsp3) is 0.632. The molecule has 1 saturated heterocycles. The highest BCUT2D eigenvalue weighted by Crippen LogP contribution is 2.35. The molecule has 0 bridgehead atoms. The molecule has 0 aliphatic carbocycles. The van der Waals surface area contributed by atoms with Crippen molar-refractivity contribution in [3.63, 3.8) is 0 Å². The van der Waals surface area contributed by atoms with Crippen LogP contribution in [0.15, 0.2) is 6.08 Å². The summed E-state index contributed by atoms with van der Waals surface area (Å²) < 4.78 is 7.29. The largest absolute Gasteiger partial charge is 0.394 e. The summed E-state index contributed by atoms with van der Waals surface area (Å²) in [5, 5.41) is 33.3. The number of nitrogen functional groups attached to an aromatic ring is 1. The van der Waals surface area contributed by atoms with Crippen LogP contribution >= 0.6 is 0 Å². The lowest BCUT2D eigenvalue weighted by Gasteiger charge is -2.19. The quantitative estimate of drug-likeness (QED) is 0.385. The summed E-state index contributed by atoms with van der Waals surface area (Å²) in [5.74, 6) is 1.06. The van der Waals surface area contributed by atoms with Crippen LogP contribution in [0.25, 0.3) is 17.2 Å². The summed E-state index contributed by atoms with van der Waals surface area (Å²) in [6.07, 6.45) is 3.36. The van der Waals surface area contributed by atoms with Gasteiger partial charge in [-0.15, -0.1) is 0 Å². The first kappa shape index (κ1) is 21.4. The van der Waals surface area contributed by atoms with Crippen LogP contribution in [0.5, 0.6) is 0 Å². The molecule has 1 aliphatic heterocycles. The van der Waals surface area contributed by atoms with E-state index in [1.165, 1.54) is 0 Å². The van der Waals surface area contributed by atoms with Crippen LogP contribution in [0.1, 0.15) is 51.6 Å². The molecule has 4 atom stereocenters. The second-order valence-corrected chi connectivity index (χ2v) is 7.14. The molecule has 3 rings (SSSR count). The minimum absolute atomic E-state index is 0.218. The number of imidazole rings is 1. The van der Waals surface area contributed by atoms with Gasteiger partial charge in [0.2, 0.25) is 5.95 Å². The van der Waals surface area contributed by atoms with Crippen LogP contribution in [-0.2, 0) is 4.74 Å². The minimum atomic E-state index is -1.26. The molecule has 2 aromatic heterocycles. The Balaban J connectivity index is 2.07. The smallest absolute Gasteiger partial charge is 0.207 e. The van der Waals surface area contributed by atoms with Crippen molar-refractivity contribution in [2.45, 2.75) is 64.1 Å². The minimum Gasteiger partial charge on any atom is -0.394 e. The topological polar surface area (TPSA) is 152 Å². The van der Waals surface area contributed by atoms with Crippen LogP contribution in [0.3, 0.4) is 0 Å². The van der Waals surface area contributed by atoms with Crippen LogP contribution in [0.4, 0.5) is 11.8 Å². The first-order valence-electron chi connectivity index (χ1n) is 10.1. The number of nitrogens with two attached hydrogens (primary N) is 1. The van der Waals surface area contributed by atoms with E-state index in [9.17, 15) is 15.3 Å². The molecule has 2 aromatic rings. The van der Waals surface area contributed by atoms with Crippen molar-refractivity contribution in [2.24, 2.45) is 0 Å². The Kier molecular flexibility index (Phi) is 7.01. The van der Waals surface area contributed by atoms with Crippen LogP contribution < -0.4 is 11.1 Å². The highest BCUT2D eigenvalue weighted by Gasteiger charge is 2.45. The van der Waals surface area contributed by atoms with Gasteiger partial charge in [0.1, 0.15) is 18.3 Å². The van der Waals surface area contributed by atoms with Gasteiger partial charge >= 0.3 is 0 Å². The standard InChI is InChI=1S/C19H30N6O4/c1-3-5-6-7-8-12-22-16(20)13-17(23-12)25(19(24-13)21-9-4-2)18-15(28)14(27)11(10-26)29-18/h7-8,11,14-15,18,26-28H,3-6,9-10H2,1-2H3,(H,21,24)(H2,20,22,23)/b8-7+/t11-,14-,15-,18-/m1/s1. The Morgan fingerprint density at radius 2 is 1.97 bits per heavy atom. The maximum absolute atomic E-state index is 10.5. The Morgan fingerprint density at radius 1 is 1.17 bits per heavy atom. The molecule has 3 heterocycles. The third kappa shape index (κ3) is 4.35. The number of nitrogens with one attached hydrogen (secondary N) is 1. The monoisotopic (exact) mass is 406 g/mol. The Morgan fingerprint density at radius 3 is 2.62 bits per heavy atom. The lowest BCUT2D eigenvalue weighted by molar-refractivity contribution is -0.0501. The number of aliphatic hydroxyl groups is 3. The van der Waals surface area contributed by atoms with Gasteiger partial charge in [-0.3, -0.25) is 4.57 Å². The Labute approximate surface area is 169 Å². The number of aliphatic hydroxyl groups excluding tert-OH is 3. The van der Waals surface area contributed by atoms with E-state index in [-0.39, 0.29) is 5.82 Å². The van der Waals surface area contributed by atoms with Gasteiger partial charge in [0.05, 0.1) is 6.61 Å². The second-order valence-electron chi connectivity index (χ2n) is 7.14. The molecule has 0 radical (unpaired) electrons. The first-order valence-corrected chi connectivity index (χ1v) is 10.1. The van der Waals surface area contributed by atoms with E-state index in [0.717, 1.165) is 25.7 Å². The normalized spacial score (nSPS) is 24.7. The summed E-state index contributed by atoms with van der Waals surface area (Å²) >= 11 is 0. The van der Waals surface area contributed by atoms with E-state index in [0.29, 0.717) is 29.5 Å². The molecule has 160 valence electrons. The number of ether oxygens (including phenoxy) is 1. The van der Waals surface area contributed by atoms with Gasteiger partial charge < -0.3 is 31.1 Å². The number of anilines is 2. The maximum Gasteiger partial charge on any atom is 0.207 e. The van der Waals surface area contributed by atoms with Crippen molar-refractivity contribution in [2.75, 3.05) is 24.2 Å². The summed E-state index contributed by atoms with van der Waals surface area (Å²) in [5.41, 5.74) is 6.90. The third-order valence-electron chi connectivity index (χ3n) is 4.88. The molecule has 0 amide bonds. The molecule has 0 spiro atoms. The highest BCUT2D eigenvalue weighted by atomic mass is 16.6. The van der Waals surface area contributed by atoms with Gasteiger partial charge in [0.15, 0.2) is 29.0 Å². The van der Waals surface area contributed by atoms with Gasteiger partial charge in [-0.05, 0) is 18.9 Å². The average Bonchev–Trinajstić information content (AvgIpc) is 3.21. The number of hydrogen-bond acceptors (Lipinski definition) is 9. The highest BCUT2D eigenvalue weighted by molar-refractivity contribution is 5.85. The van der Waals surface area contributed by atoms with E-state index >= 15 is 0 Å². The number of aromatic nitrogens is 4. The Hall–Kier alpha value is -2.27. The summed E-state index contributed by atoms with van der Waals surface area (Å²) in [6.45, 7) is 4.36. The second kappa shape index (κ2) is 9.49. The zero-order valence-corrected chi connectivity index (χ0v) is 16.8. The van der Waals surface area contributed by atoms with E-state index in [1.54, 1.807) is 10.6 Å². The molecule has 10 nitrogen and oxygen atoms in total. The summed E-state index contributed by atoms with van der Waals surface area (Å²) in [7, 11) is 0. The van der Waals surface area contributed by atoms with E-state index in [2.05, 4.69) is 27.2 Å². The predicted octanol–water partition coefficient (Wildman–Crippen LogP) is 1.05. The zero-order chi connectivity index (χ0) is 21.0. The molecule has 10 heteroatoms. The summed E-state index contributed by atoms with van der Waals surface area (Å²) in [4.78, 5) is 13.4. The van der Waals surface area contributed by atoms with Gasteiger partial charge in [0, 0.05) is 6.54 Å². The molecule has 0 unspecified atom stereocenters. The summed E-state index contributed by atoms with van der Waals surface area (Å²) in [6, 6.07) is 0. The van der Waals surface area contributed by atoms with E-state index in [4.69, 9.17) is 10.5 Å². The lowest BCUT2D eigenvalue weighted by Crippen LogP contribution is -2.33. The molecular formula is C19H30N6O4. The number of nitrogens with zero attached hydrogens (tertiary/aromatic N) is 4. The van der Waals surface area contributed by atoms with Crippen molar-refractivity contribution in [1.29, 1.82) is 0 Å². The average molecular weight is 406 g/mol. The van der Waals surface area contributed by atoms with Crippen molar-refractivity contribution in [3.05, 3.63) is 11.9 Å². The number of fused-ring (bicyclic) bond motifs is 1. The van der Waals surface area contributed by atoms with Gasteiger partial charge in [-0.1, -0.05) is 32.8 Å². The van der Waals surface area contributed by atoms with Crippen molar-refractivity contribution < 1.29 is 20.1 Å². The lowest BCUT2D eigenvalue weighted by atomic mass is 10.1. The predicted molar refractivity (Wildman–Crippen MR) is 110 cm³/mol. The van der Waals surface area contributed by atoms with Crippen LogP contribution in [0, 0.1) is 0 Å². The van der Waals surface area contributed by atoms with Crippen molar-refractivity contribution >= 4 is 29.0 Å². The third-order valence-corrected chi connectivity index (χ3v) is 4.88. The molecule has 1 aliphatic rings. The first-order chi connectivity index (χ1) is 14.0. The number of unbranched alkanes of at least 4 members (excludes halogenated alkanes) is 2. The van der Waals surface area contributed by atoms with Gasteiger partial charge in [-0.25, -0.2) is 15.0 Å². The number of hydrogen-bond donors (Lipinski definition) is 5. The SMILES string of the molecule is CCCC/C=C/c1nc(N)c2nc(NCCC)n([C@@H]3O[C@H](CO)[C@@H](O)[C@H]3O)c2n1. The molecule has 1 fully saturated rings.